The molecule has 1 fully saturated rings. The van der Waals surface area contributed by atoms with Gasteiger partial charge in [-0.05, 0) is 62.9 Å². The summed E-state index contributed by atoms with van der Waals surface area (Å²) in [6, 6.07) is 9.30. The van der Waals surface area contributed by atoms with E-state index in [9.17, 15) is 0 Å². The van der Waals surface area contributed by atoms with Crippen LogP contribution in [0.4, 0.5) is 0 Å². The lowest BCUT2D eigenvalue weighted by Crippen LogP contribution is -2.29. The Morgan fingerprint density at radius 3 is 2.35 bits per heavy atom. The van der Waals surface area contributed by atoms with Crippen LogP contribution in [0, 0.1) is 0 Å². The van der Waals surface area contributed by atoms with Gasteiger partial charge in [-0.1, -0.05) is 37.6 Å². The lowest BCUT2D eigenvalue weighted by Gasteiger charge is -2.19. The van der Waals surface area contributed by atoms with E-state index in [0.29, 0.717) is 0 Å². The number of aryl methyl sites for hydroxylation is 2. The Hall–Kier alpha value is -0.860. The van der Waals surface area contributed by atoms with E-state index in [1.165, 1.54) is 75.8 Å². The van der Waals surface area contributed by atoms with Crippen molar-refractivity contribution in [3.8, 4) is 0 Å². The third kappa shape index (κ3) is 5.64. The quantitative estimate of drug-likeness (QED) is 0.821. The predicted octanol–water partition coefficient (Wildman–Crippen LogP) is 3.26. The molecule has 0 bridgehead atoms. The first kappa shape index (κ1) is 15.5. The molecule has 1 N–H and O–H groups in total. The summed E-state index contributed by atoms with van der Waals surface area (Å²) in [5, 5.41) is 3.47. The highest BCUT2D eigenvalue weighted by molar-refractivity contribution is 5.22. The highest BCUT2D eigenvalue weighted by Gasteiger charge is 2.07. The molecule has 1 aliphatic rings. The van der Waals surface area contributed by atoms with Gasteiger partial charge in [0.1, 0.15) is 0 Å². The second-order valence-electron chi connectivity index (χ2n) is 5.97. The van der Waals surface area contributed by atoms with Crippen molar-refractivity contribution in [2.75, 3.05) is 32.7 Å². The molecule has 0 aromatic heterocycles. The molecule has 1 aliphatic heterocycles. The Labute approximate surface area is 124 Å². The van der Waals surface area contributed by atoms with Gasteiger partial charge in [0.2, 0.25) is 0 Å². The molecular formula is C18H30N2. The van der Waals surface area contributed by atoms with E-state index in [-0.39, 0.29) is 0 Å². The predicted molar refractivity (Wildman–Crippen MR) is 87.3 cm³/mol. The van der Waals surface area contributed by atoms with Crippen LogP contribution < -0.4 is 5.32 Å². The number of hydrogen-bond donors (Lipinski definition) is 1. The summed E-state index contributed by atoms with van der Waals surface area (Å²) in [6.07, 6.45) is 7.63. The van der Waals surface area contributed by atoms with Crippen molar-refractivity contribution >= 4 is 0 Å². The molecule has 2 rings (SSSR count). The topological polar surface area (TPSA) is 15.3 Å². The average molecular weight is 274 g/mol. The van der Waals surface area contributed by atoms with Gasteiger partial charge in [0.05, 0.1) is 0 Å². The zero-order valence-electron chi connectivity index (χ0n) is 13.0. The van der Waals surface area contributed by atoms with Crippen molar-refractivity contribution in [1.29, 1.82) is 0 Å². The fourth-order valence-electron chi connectivity index (χ4n) is 2.89. The van der Waals surface area contributed by atoms with E-state index in [1.54, 1.807) is 0 Å². The Bertz CT molecular complexity index is 350. The molecule has 112 valence electrons. The fraction of sp³-hybridized carbons (Fsp3) is 0.667. The summed E-state index contributed by atoms with van der Waals surface area (Å²) >= 11 is 0. The third-order valence-electron chi connectivity index (χ3n) is 4.21. The van der Waals surface area contributed by atoms with Crippen LogP contribution in [0.2, 0.25) is 0 Å². The molecule has 0 atom stereocenters. The molecule has 1 aromatic carbocycles. The van der Waals surface area contributed by atoms with Gasteiger partial charge in [-0.3, -0.25) is 0 Å². The van der Waals surface area contributed by atoms with Crippen LogP contribution in [0.5, 0.6) is 0 Å². The van der Waals surface area contributed by atoms with Crippen molar-refractivity contribution in [3.63, 3.8) is 0 Å². The van der Waals surface area contributed by atoms with Gasteiger partial charge in [-0.2, -0.15) is 0 Å². The van der Waals surface area contributed by atoms with Gasteiger partial charge in [0.15, 0.2) is 0 Å². The van der Waals surface area contributed by atoms with E-state index < -0.39 is 0 Å². The van der Waals surface area contributed by atoms with Crippen LogP contribution >= 0.6 is 0 Å². The Morgan fingerprint density at radius 1 is 0.950 bits per heavy atom. The molecule has 0 spiro atoms. The molecule has 0 saturated carbocycles. The fourth-order valence-corrected chi connectivity index (χ4v) is 2.89. The van der Waals surface area contributed by atoms with Crippen molar-refractivity contribution in [3.05, 3.63) is 35.4 Å². The third-order valence-corrected chi connectivity index (χ3v) is 4.21. The second kappa shape index (κ2) is 9.15. The largest absolute Gasteiger partial charge is 0.315 e. The van der Waals surface area contributed by atoms with Gasteiger partial charge >= 0.3 is 0 Å². The standard InChI is InChI=1S/C18H30N2/c1-2-3-6-17-8-10-18(11-9-17)7-4-14-20-15-5-12-19-13-16-20/h8-11,19H,2-7,12-16H2,1H3. The van der Waals surface area contributed by atoms with E-state index in [0.717, 1.165) is 6.54 Å². The smallest absolute Gasteiger partial charge is 0.0107 e. The van der Waals surface area contributed by atoms with Gasteiger partial charge < -0.3 is 10.2 Å². The van der Waals surface area contributed by atoms with Gasteiger partial charge in [-0.15, -0.1) is 0 Å². The van der Waals surface area contributed by atoms with Gasteiger partial charge in [-0.25, -0.2) is 0 Å². The maximum atomic E-state index is 3.47. The van der Waals surface area contributed by atoms with E-state index >= 15 is 0 Å². The normalized spacial score (nSPS) is 17.1. The summed E-state index contributed by atoms with van der Waals surface area (Å²) in [7, 11) is 0. The first-order valence-electron chi connectivity index (χ1n) is 8.39. The average Bonchev–Trinajstić information content (AvgIpc) is 2.75. The molecule has 0 amide bonds. The molecule has 2 heteroatoms. The SMILES string of the molecule is CCCCc1ccc(CCCN2CCCNCC2)cc1. The minimum Gasteiger partial charge on any atom is -0.315 e. The molecule has 0 aliphatic carbocycles. The van der Waals surface area contributed by atoms with Crippen molar-refractivity contribution in [1.82, 2.24) is 10.2 Å². The van der Waals surface area contributed by atoms with E-state index in [1.807, 2.05) is 0 Å². The molecule has 1 heterocycles. The monoisotopic (exact) mass is 274 g/mol. The Morgan fingerprint density at radius 2 is 1.65 bits per heavy atom. The van der Waals surface area contributed by atoms with Crippen molar-refractivity contribution < 1.29 is 0 Å². The summed E-state index contributed by atoms with van der Waals surface area (Å²) in [5.74, 6) is 0. The first-order valence-corrected chi connectivity index (χ1v) is 8.39. The van der Waals surface area contributed by atoms with Crippen LogP contribution in [0.15, 0.2) is 24.3 Å². The highest BCUT2D eigenvalue weighted by atomic mass is 15.1. The maximum absolute atomic E-state index is 3.47. The molecule has 1 aromatic rings. The van der Waals surface area contributed by atoms with Crippen molar-refractivity contribution in [2.45, 2.75) is 45.4 Å². The summed E-state index contributed by atoms with van der Waals surface area (Å²) in [5.41, 5.74) is 2.99. The molecule has 0 unspecified atom stereocenters. The minimum atomic E-state index is 1.16. The molecular weight excluding hydrogens is 244 g/mol. The van der Waals surface area contributed by atoms with Crippen molar-refractivity contribution in [2.24, 2.45) is 0 Å². The van der Waals surface area contributed by atoms with E-state index in [4.69, 9.17) is 0 Å². The van der Waals surface area contributed by atoms with Crippen LogP contribution in [0.1, 0.15) is 43.7 Å². The minimum absolute atomic E-state index is 1.16. The number of benzene rings is 1. The number of nitrogens with zero attached hydrogens (tertiary/aromatic N) is 1. The first-order chi connectivity index (χ1) is 9.88. The molecule has 20 heavy (non-hydrogen) atoms. The lowest BCUT2D eigenvalue weighted by molar-refractivity contribution is 0.289. The number of hydrogen-bond acceptors (Lipinski definition) is 2. The number of nitrogens with one attached hydrogen (secondary N) is 1. The zero-order valence-corrected chi connectivity index (χ0v) is 13.0. The van der Waals surface area contributed by atoms with Crippen LogP contribution in [-0.2, 0) is 12.8 Å². The van der Waals surface area contributed by atoms with Gasteiger partial charge in [0.25, 0.3) is 0 Å². The summed E-state index contributed by atoms with van der Waals surface area (Å²) in [4.78, 5) is 2.61. The summed E-state index contributed by atoms with van der Waals surface area (Å²) < 4.78 is 0. The summed E-state index contributed by atoms with van der Waals surface area (Å²) in [6.45, 7) is 8.34. The van der Waals surface area contributed by atoms with Crippen LogP contribution in [-0.4, -0.2) is 37.6 Å². The zero-order chi connectivity index (χ0) is 14.0. The number of rotatable bonds is 7. The molecule has 2 nitrogen and oxygen atoms in total. The Balaban J connectivity index is 1.68. The number of unbranched alkanes of at least 4 members (excludes halogenated alkanes) is 1. The second-order valence-corrected chi connectivity index (χ2v) is 5.97. The van der Waals surface area contributed by atoms with E-state index in [2.05, 4.69) is 41.4 Å². The maximum Gasteiger partial charge on any atom is 0.0107 e. The highest BCUT2D eigenvalue weighted by Crippen LogP contribution is 2.10. The van der Waals surface area contributed by atoms with Gasteiger partial charge in [0, 0.05) is 13.1 Å². The lowest BCUT2D eigenvalue weighted by atomic mass is 10.0. The van der Waals surface area contributed by atoms with Crippen LogP contribution in [0.25, 0.3) is 0 Å². The van der Waals surface area contributed by atoms with Crippen LogP contribution in [0.3, 0.4) is 0 Å². The Kier molecular flexibility index (Phi) is 7.10. The molecule has 1 saturated heterocycles. The molecule has 0 radical (unpaired) electrons.